The van der Waals surface area contributed by atoms with Gasteiger partial charge in [0.05, 0.1) is 13.2 Å². The van der Waals surface area contributed by atoms with Gasteiger partial charge in [0.2, 0.25) is 0 Å². The molecule has 1 rings (SSSR count). The monoisotopic (exact) mass is 339 g/mol. The summed E-state index contributed by atoms with van der Waals surface area (Å²) >= 11 is 0. The summed E-state index contributed by atoms with van der Waals surface area (Å²) in [5.74, 6) is 0.431. The fraction of sp³-hybridized carbons (Fsp3) is 0.684. The summed E-state index contributed by atoms with van der Waals surface area (Å²) in [6.07, 6.45) is 1.14. The van der Waals surface area contributed by atoms with E-state index in [-0.39, 0.29) is 5.82 Å². The lowest BCUT2D eigenvalue weighted by molar-refractivity contribution is 0.119. The first kappa shape index (κ1) is 20.9. The Labute approximate surface area is 147 Å². The Hall–Kier alpha value is -1.17. The number of ether oxygens (including phenoxy) is 1. The highest BCUT2D eigenvalue weighted by Gasteiger charge is 2.11. The van der Waals surface area contributed by atoms with E-state index in [0.29, 0.717) is 19.1 Å². The number of nitrogens with one attached hydrogen (secondary N) is 1. The van der Waals surface area contributed by atoms with Gasteiger partial charge in [-0.05, 0) is 43.8 Å². The molecule has 0 aliphatic rings. The summed E-state index contributed by atoms with van der Waals surface area (Å²) in [6.45, 7) is 9.15. The van der Waals surface area contributed by atoms with Crippen LogP contribution < -0.4 is 10.2 Å². The normalized spacial score (nSPS) is 12.6. The first-order chi connectivity index (χ1) is 11.4. The SMILES string of the molecule is CC[C@H](C)CN(C)c1ccc(F)cc1CNCCOCCN(C)C. The van der Waals surface area contributed by atoms with E-state index in [9.17, 15) is 4.39 Å². The molecule has 0 saturated heterocycles. The van der Waals surface area contributed by atoms with Crippen molar-refractivity contribution in [2.75, 3.05) is 58.9 Å². The number of likely N-dealkylation sites (N-methyl/N-ethyl adjacent to an activating group) is 1. The van der Waals surface area contributed by atoms with Crippen LogP contribution in [0.1, 0.15) is 25.8 Å². The smallest absolute Gasteiger partial charge is 0.123 e. The predicted octanol–water partition coefficient (Wildman–Crippen LogP) is 2.98. The van der Waals surface area contributed by atoms with Gasteiger partial charge in [-0.2, -0.15) is 0 Å². The zero-order chi connectivity index (χ0) is 17.9. The highest BCUT2D eigenvalue weighted by molar-refractivity contribution is 5.53. The van der Waals surface area contributed by atoms with Gasteiger partial charge in [0.25, 0.3) is 0 Å². The summed E-state index contributed by atoms with van der Waals surface area (Å²) in [5, 5.41) is 3.35. The number of hydrogen-bond acceptors (Lipinski definition) is 4. The third-order valence-electron chi connectivity index (χ3n) is 4.16. The minimum Gasteiger partial charge on any atom is -0.379 e. The van der Waals surface area contributed by atoms with Gasteiger partial charge in [-0.1, -0.05) is 20.3 Å². The Balaban J connectivity index is 2.47. The second-order valence-corrected chi connectivity index (χ2v) is 6.76. The number of rotatable bonds is 12. The van der Waals surface area contributed by atoms with Gasteiger partial charge < -0.3 is 19.9 Å². The molecule has 5 heteroatoms. The molecule has 0 amide bonds. The molecule has 0 saturated carbocycles. The fourth-order valence-corrected chi connectivity index (χ4v) is 2.48. The number of anilines is 1. The molecule has 138 valence electrons. The van der Waals surface area contributed by atoms with Gasteiger partial charge in [-0.25, -0.2) is 4.39 Å². The number of nitrogens with zero attached hydrogens (tertiary/aromatic N) is 2. The summed E-state index contributed by atoms with van der Waals surface area (Å²) in [7, 11) is 6.14. The summed E-state index contributed by atoms with van der Waals surface area (Å²) < 4.78 is 19.2. The lowest BCUT2D eigenvalue weighted by Gasteiger charge is -2.25. The van der Waals surface area contributed by atoms with Crippen molar-refractivity contribution in [3.63, 3.8) is 0 Å². The minimum absolute atomic E-state index is 0.185. The first-order valence-corrected chi connectivity index (χ1v) is 8.86. The molecule has 0 unspecified atom stereocenters. The molecular weight excluding hydrogens is 305 g/mol. The van der Waals surface area contributed by atoms with Crippen molar-refractivity contribution in [2.45, 2.75) is 26.8 Å². The van der Waals surface area contributed by atoms with Gasteiger partial charge in [0.1, 0.15) is 5.82 Å². The van der Waals surface area contributed by atoms with Crippen LogP contribution in [-0.4, -0.2) is 58.9 Å². The lowest BCUT2D eigenvalue weighted by Crippen LogP contribution is -2.27. The number of benzene rings is 1. The number of halogens is 1. The van der Waals surface area contributed by atoms with Crippen LogP contribution in [0.4, 0.5) is 10.1 Å². The Morgan fingerprint density at radius 3 is 2.62 bits per heavy atom. The van der Waals surface area contributed by atoms with Crippen LogP contribution in [0.15, 0.2) is 18.2 Å². The standard InChI is InChI=1S/C19H34FN3O/c1-6-16(2)15-23(5)19-8-7-18(20)13-17(19)14-21-9-11-24-12-10-22(3)4/h7-8,13,16,21H,6,9-12,14-15H2,1-5H3/t16-/m0/s1. The van der Waals surface area contributed by atoms with Crippen molar-refractivity contribution in [1.82, 2.24) is 10.2 Å². The average molecular weight is 339 g/mol. The Kier molecular flexibility index (Phi) is 9.91. The van der Waals surface area contributed by atoms with Crippen LogP contribution in [0.3, 0.4) is 0 Å². The maximum absolute atomic E-state index is 13.6. The molecule has 1 atom stereocenters. The lowest BCUT2D eigenvalue weighted by atomic mass is 10.1. The molecule has 1 N–H and O–H groups in total. The van der Waals surface area contributed by atoms with Crippen LogP contribution in [0, 0.1) is 11.7 Å². The van der Waals surface area contributed by atoms with Gasteiger partial charge in [-0.3, -0.25) is 0 Å². The second-order valence-electron chi connectivity index (χ2n) is 6.76. The van der Waals surface area contributed by atoms with Gasteiger partial charge in [0, 0.05) is 38.9 Å². The van der Waals surface area contributed by atoms with E-state index in [1.807, 2.05) is 20.2 Å². The third kappa shape index (κ3) is 8.08. The molecular formula is C19H34FN3O. The third-order valence-corrected chi connectivity index (χ3v) is 4.16. The highest BCUT2D eigenvalue weighted by atomic mass is 19.1. The van der Waals surface area contributed by atoms with Crippen molar-refractivity contribution in [1.29, 1.82) is 0 Å². The van der Waals surface area contributed by atoms with E-state index in [1.165, 1.54) is 6.07 Å². The molecule has 0 aliphatic carbocycles. The van der Waals surface area contributed by atoms with Crippen molar-refractivity contribution in [3.05, 3.63) is 29.6 Å². The average Bonchev–Trinajstić information content (AvgIpc) is 2.53. The zero-order valence-electron chi connectivity index (χ0n) is 15.9. The molecule has 0 spiro atoms. The van der Waals surface area contributed by atoms with E-state index in [1.54, 1.807) is 6.07 Å². The van der Waals surface area contributed by atoms with Gasteiger partial charge in [-0.15, -0.1) is 0 Å². The Morgan fingerprint density at radius 2 is 1.96 bits per heavy atom. The maximum atomic E-state index is 13.6. The fourth-order valence-electron chi connectivity index (χ4n) is 2.48. The molecule has 0 bridgehead atoms. The zero-order valence-corrected chi connectivity index (χ0v) is 15.9. The molecule has 0 radical (unpaired) electrons. The van der Waals surface area contributed by atoms with Crippen LogP contribution in [0.5, 0.6) is 0 Å². The molecule has 0 aliphatic heterocycles. The summed E-state index contributed by atoms with van der Waals surface area (Å²) in [5.41, 5.74) is 2.09. The van der Waals surface area contributed by atoms with Crippen LogP contribution in [-0.2, 0) is 11.3 Å². The van der Waals surface area contributed by atoms with Crippen LogP contribution in [0.2, 0.25) is 0 Å². The van der Waals surface area contributed by atoms with Crippen molar-refractivity contribution >= 4 is 5.69 Å². The van der Waals surface area contributed by atoms with E-state index < -0.39 is 0 Å². The first-order valence-electron chi connectivity index (χ1n) is 8.86. The Morgan fingerprint density at radius 1 is 1.21 bits per heavy atom. The maximum Gasteiger partial charge on any atom is 0.123 e. The van der Waals surface area contributed by atoms with Crippen LogP contribution >= 0.6 is 0 Å². The van der Waals surface area contributed by atoms with E-state index in [0.717, 1.165) is 43.9 Å². The largest absolute Gasteiger partial charge is 0.379 e. The van der Waals surface area contributed by atoms with Gasteiger partial charge in [0.15, 0.2) is 0 Å². The van der Waals surface area contributed by atoms with E-state index in [2.05, 4.69) is 36.0 Å². The second kappa shape index (κ2) is 11.4. The van der Waals surface area contributed by atoms with Crippen molar-refractivity contribution in [3.8, 4) is 0 Å². The van der Waals surface area contributed by atoms with E-state index in [4.69, 9.17) is 4.74 Å². The van der Waals surface area contributed by atoms with Crippen LogP contribution in [0.25, 0.3) is 0 Å². The summed E-state index contributed by atoms with van der Waals surface area (Å²) in [4.78, 5) is 4.32. The highest BCUT2D eigenvalue weighted by Crippen LogP contribution is 2.22. The molecule has 1 aromatic rings. The molecule has 0 aromatic heterocycles. The molecule has 1 aromatic carbocycles. The van der Waals surface area contributed by atoms with Crippen molar-refractivity contribution < 1.29 is 9.13 Å². The topological polar surface area (TPSA) is 27.7 Å². The predicted molar refractivity (Wildman–Crippen MR) is 100 cm³/mol. The molecule has 0 heterocycles. The molecule has 24 heavy (non-hydrogen) atoms. The van der Waals surface area contributed by atoms with Gasteiger partial charge >= 0.3 is 0 Å². The molecule has 4 nitrogen and oxygen atoms in total. The number of hydrogen-bond donors (Lipinski definition) is 1. The molecule has 0 fully saturated rings. The van der Waals surface area contributed by atoms with Crippen molar-refractivity contribution in [2.24, 2.45) is 5.92 Å². The quantitative estimate of drug-likeness (QED) is 0.593. The Bertz CT molecular complexity index is 468. The minimum atomic E-state index is -0.185. The van der Waals surface area contributed by atoms with E-state index >= 15 is 0 Å². The summed E-state index contributed by atoms with van der Waals surface area (Å²) in [6, 6.07) is 5.04.